The third-order valence-electron chi connectivity index (χ3n) is 3.24. The molecule has 0 aliphatic heterocycles. The van der Waals surface area contributed by atoms with Crippen molar-refractivity contribution in [1.82, 2.24) is 4.72 Å². The van der Waals surface area contributed by atoms with Crippen LogP contribution in [0.5, 0.6) is 0 Å². The number of hydrogen-bond acceptors (Lipinski definition) is 3. The molecule has 2 rings (SSSR count). The van der Waals surface area contributed by atoms with Crippen molar-refractivity contribution in [2.75, 3.05) is 5.73 Å². The Hall–Kier alpha value is -0.780. The summed E-state index contributed by atoms with van der Waals surface area (Å²) in [5, 5.41) is 0.407. The fourth-order valence-electron chi connectivity index (χ4n) is 1.92. The summed E-state index contributed by atoms with van der Waals surface area (Å²) >= 11 is 5.93. The molecule has 1 fully saturated rings. The van der Waals surface area contributed by atoms with Gasteiger partial charge in [-0.15, -0.1) is 0 Å². The predicted molar refractivity (Wildman–Crippen MR) is 73.1 cm³/mol. The number of hydrogen-bond donors (Lipinski definition) is 2. The maximum atomic E-state index is 12.2. The van der Waals surface area contributed by atoms with Crippen LogP contribution in [0, 0.1) is 12.8 Å². The van der Waals surface area contributed by atoms with Gasteiger partial charge < -0.3 is 5.73 Å². The SMILES string of the molecule is Cc1cc(S(=O)(=O)NC(C)C2CC2)cc(N)c1Cl. The summed E-state index contributed by atoms with van der Waals surface area (Å²) < 4.78 is 27.0. The van der Waals surface area contributed by atoms with Gasteiger partial charge in [0.15, 0.2) is 0 Å². The van der Waals surface area contributed by atoms with Gasteiger partial charge in [0.1, 0.15) is 0 Å². The Bertz CT molecular complexity index is 544. The summed E-state index contributed by atoms with van der Waals surface area (Å²) in [6.45, 7) is 3.63. The predicted octanol–water partition coefficient (Wildman–Crippen LogP) is 2.31. The van der Waals surface area contributed by atoms with Crippen LogP contribution in [0.4, 0.5) is 5.69 Å². The maximum absolute atomic E-state index is 12.2. The summed E-state index contributed by atoms with van der Waals surface area (Å²) in [5.41, 5.74) is 6.65. The quantitative estimate of drug-likeness (QED) is 0.835. The lowest BCUT2D eigenvalue weighted by Gasteiger charge is -2.14. The van der Waals surface area contributed by atoms with Gasteiger partial charge >= 0.3 is 0 Å². The number of benzene rings is 1. The van der Waals surface area contributed by atoms with Crippen LogP contribution in [0.1, 0.15) is 25.3 Å². The van der Waals surface area contributed by atoms with Crippen LogP contribution < -0.4 is 10.5 Å². The molecule has 0 amide bonds. The van der Waals surface area contributed by atoms with Gasteiger partial charge in [0.25, 0.3) is 0 Å². The molecule has 0 saturated heterocycles. The Balaban J connectivity index is 2.29. The number of sulfonamides is 1. The lowest BCUT2D eigenvalue weighted by molar-refractivity contribution is 0.538. The van der Waals surface area contributed by atoms with E-state index in [1.165, 1.54) is 6.07 Å². The summed E-state index contributed by atoms with van der Waals surface area (Å²) in [6, 6.07) is 2.91. The van der Waals surface area contributed by atoms with E-state index in [0.717, 1.165) is 12.8 Å². The molecule has 1 atom stereocenters. The zero-order chi connectivity index (χ0) is 13.5. The minimum Gasteiger partial charge on any atom is -0.397 e. The molecule has 0 bridgehead atoms. The number of aryl methyl sites for hydroxylation is 1. The number of nitrogens with one attached hydrogen (secondary N) is 1. The second-order valence-electron chi connectivity index (χ2n) is 4.89. The first-order chi connectivity index (χ1) is 8.31. The smallest absolute Gasteiger partial charge is 0.240 e. The van der Waals surface area contributed by atoms with Crippen molar-refractivity contribution in [3.05, 3.63) is 22.7 Å². The lowest BCUT2D eigenvalue weighted by atomic mass is 10.2. The second kappa shape index (κ2) is 4.72. The maximum Gasteiger partial charge on any atom is 0.240 e. The van der Waals surface area contributed by atoms with E-state index in [2.05, 4.69) is 4.72 Å². The monoisotopic (exact) mass is 288 g/mol. The van der Waals surface area contributed by atoms with Crippen LogP contribution in [-0.4, -0.2) is 14.5 Å². The van der Waals surface area contributed by atoms with Gasteiger partial charge in [0.2, 0.25) is 10.0 Å². The summed E-state index contributed by atoms with van der Waals surface area (Å²) in [6.07, 6.45) is 2.18. The molecule has 1 aromatic carbocycles. The number of anilines is 1. The summed E-state index contributed by atoms with van der Waals surface area (Å²) in [5.74, 6) is 0.463. The van der Waals surface area contributed by atoms with E-state index < -0.39 is 10.0 Å². The van der Waals surface area contributed by atoms with E-state index in [4.69, 9.17) is 17.3 Å². The van der Waals surface area contributed by atoms with Crippen molar-refractivity contribution in [2.24, 2.45) is 5.92 Å². The molecule has 1 saturated carbocycles. The zero-order valence-corrected chi connectivity index (χ0v) is 12.0. The minimum absolute atomic E-state index is 0.0350. The number of rotatable bonds is 4. The summed E-state index contributed by atoms with van der Waals surface area (Å²) in [7, 11) is -3.51. The molecule has 1 aliphatic carbocycles. The first kappa shape index (κ1) is 13.6. The van der Waals surface area contributed by atoms with Crippen LogP contribution in [0.3, 0.4) is 0 Å². The van der Waals surface area contributed by atoms with E-state index in [1.54, 1.807) is 13.0 Å². The van der Waals surface area contributed by atoms with Gasteiger partial charge in [-0.1, -0.05) is 11.6 Å². The van der Waals surface area contributed by atoms with Gasteiger partial charge in [-0.05, 0) is 50.3 Å². The van der Waals surface area contributed by atoms with Crippen molar-refractivity contribution in [3.63, 3.8) is 0 Å². The molecule has 1 aliphatic rings. The largest absolute Gasteiger partial charge is 0.397 e. The van der Waals surface area contributed by atoms with Gasteiger partial charge in [0, 0.05) is 6.04 Å². The normalized spacial score (nSPS) is 17.7. The fourth-order valence-corrected chi connectivity index (χ4v) is 3.46. The number of nitrogen functional groups attached to an aromatic ring is 1. The first-order valence-corrected chi connectivity index (χ1v) is 7.75. The van der Waals surface area contributed by atoms with Crippen LogP contribution >= 0.6 is 11.6 Å². The van der Waals surface area contributed by atoms with Crippen LogP contribution in [0.25, 0.3) is 0 Å². The Morgan fingerprint density at radius 3 is 2.56 bits per heavy atom. The topological polar surface area (TPSA) is 72.2 Å². The third kappa shape index (κ3) is 2.79. The molecule has 18 heavy (non-hydrogen) atoms. The van der Waals surface area contributed by atoms with Crippen LogP contribution in [-0.2, 0) is 10.0 Å². The summed E-state index contributed by atoms with van der Waals surface area (Å²) in [4.78, 5) is 0.175. The van der Waals surface area contributed by atoms with E-state index in [1.807, 2.05) is 6.92 Å². The highest BCUT2D eigenvalue weighted by Crippen LogP contribution is 2.33. The molecule has 100 valence electrons. The standard InChI is InChI=1S/C12H17ClN2O2S/c1-7-5-10(6-11(14)12(7)13)18(16,17)15-8(2)9-3-4-9/h5-6,8-9,15H,3-4,14H2,1-2H3. The van der Waals surface area contributed by atoms with Crippen LogP contribution in [0.2, 0.25) is 5.02 Å². The molecule has 0 heterocycles. The van der Waals surface area contributed by atoms with Crippen molar-refractivity contribution < 1.29 is 8.42 Å². The Labute approximate surface area is 113 Å². The highest BCUT2D eigenvalue weighted by molar-refractivity contribution is 7.89. The Kier molecular flexibility index (Phi) is 3.58. The third-order valence-corrected chi connectivity index (χ3v) is 5.29. The van der Waals surface area contributed by atoms with Crippen molar-refractivity contribution >= 4 is 27.3 Å². The molecule has 1 aromatic rings. The molecule has 0 radical (unpaired) electrons. The molecule has 6 heteroatoms. The van der Waals surface area contributed by atoms with Gasteiger partial charge in [-0.3, -0.25) is 0 Å². The zero-order valence-electron chi connectivity index (χ0n) is 10.4. The lowest BCUT2D eigenvalue weighted by Crippen LogP contribution is -2.34. The average Bonchev–Trinajstić information content (AvgIpc) is 3.08. The van der Waals surface area contributed by atoms with E-state index >= 15 is 0 Å². The van der Waals surface area contributed by atoms with Crippen molar-refractivity contribution in [1.29, 1.82) is 0 Å². The minimum atomic E-state index is -3.51. The van der Waals surface area contributed by atoms with E-state index in [-0.39, 0.29) is 16.6 Å². The average molecular weight is 289 g/mol. The van der Waals surface area contributed by atoms with E-state index in [0.29, 0.717) is 16.5 Å². The van der Waals surface area contributed by atoms with E-state index in [9.17, 15) is 8.42 Å². The molecule has 4 nitrogen and oxygen atoms in total. The van der Waals surface area contributed by atoms with Crippen LogP contribution in [0.15, 0.2) is 17.0 Å². The second-order valence-corrected chi connectivity index (χ2v) is 6.98. The van der Waals surface area contributed by atoms with Gasteiger partial charge in [-0.25, -0.2) is 13.1 Å². The first-order valence-electron chi connectivity index (χ1n) is 5.89. The highest BCUT2D eigenvalue weighted by Gasteiger charge is 2.31. The molecule has 3 N–H and O–H groups in total. The van der Waals surface area contributed by atoms with Gasteiger partial charge in [-0.2, -0.15) is 0 Å². The fraction of sp³-hybridized carbons (Fsp3) is 0.500. The van der Waals surface area contributed by atoms with Gasteiger partial charge in [0.05, 0.1) is 15.6 Å². The highest BCUT2D eigenvalue weighted by atomic mass is 35.5. The molecular formula is C12H17ClN2O2S. The van der Waals surface area contributed by atoms with Crippen molar-refractivity contribution in [3.8, 4) is 0 Å². The molecule has 0 aromatic heterocycles. The molecular weight excluding hydrogens is 272 g/mol. The Morgan fingerprint density at radius 1 is 1.44 bits per heavy atom. The number of halogens is 1. The van der Waals surface area contributed by atoms with Crippen molar-refractivity contribution in [2.45, 2.75) is 37.6 Å². The number of nitrogens with two attached hydrogens (primary N) is 1. The molecule has 0 spiro atoms. The molecule has 1 unspecified atom stereocenters. The Morgan fingerprint density at radius 2 is 2.06 bits per heavy atom.